The number of halogens is 3. The van der Waals surface area contributed by atoms with Crippen LogP contribution < -0.4 is 20.1 Å². The van der Waals surface area contributed by atoms with Crippen molar-refractivity contribution in [2.45, 2.75) is 63.0 Å². The maximum atomic E-state index is 14.5. The van der Waals surface area contributed by atoms with Crippen molar-refractivity contribution in [3.63, 3.8) is 0 Å². The van der Waals surface area contributed by atoms with E-state index in [9.17, 15) is 22.8 Å². The van der Waals surface area contributed by atoms with Crippen LogP contribution in [0.5, 0.6) is 5.75 Å². The zero-order chi connectivity index (χ0) is 32.9. The quantitative estimate of drug-likeness (QED) is 0.258. The van der Waals surface area contributed by atoms with Gasteiger partial charge in [-0.3, -0.25) is 14.4 Å². The van der Waals surface area contributed by atoms with Gasteiger partial charge in [-0.2, -0.15) is 0 Å². The zero-order valence-electron chi connectivity index (χ0n) is 25.0. The second-order valence-electron chi connectivity index (χ2n) is 11.5. The Kier molecular flexibility index (Phi) is 8.91. The number of piperidine rings is 1. The Morgan fingerprint density at radius 1 is 0.978 bits per heavy atom. The van der Waals surface area contributed by atoms with Gasteiger partial charge in [0.15, 0.2) is 5.60 Å². The number of anilines is 1. The van der Waals surface area contributed by atoms with Crippen molar-refractivity contribution >= 4 is 68.2 Å². The summed E-state index contributed by atoms with van der Waals surface area (Å²) >= 11 is 19.4. The highest BCUT2D eigenvalue weighted by Crippen LogP contribution is 2.59. The second-order valence-corrected chi connectivity index (χ2v) is 14.5. The van der Waals surface area contributed by atoms with Crippen LogP contribution in [0.3, 0.4) is 0 Å². The molecule has 1 spiro atoms. The van der Waals surface area contributed by atoms with Gasteiger partial charge in [0.2, 0.25) is 21.8 Å². The number of carbonyl (C=O) groups is 3. The molecule has 5 rings (SSSR count). The van der Waals surface area contributed by atoms with Gasteiger partial charge in [-0.05, 0) is 78.9 Å². The molecule has 13 heteroatoms. The molecular formula is C32H32Cl3N3O6S. The van der Waals surface area contributed by atoms with Crippen LogP contribution in [-0.2, 0) is 29.8 Å². The first-order chi connectivity index (χ1) is 21.1. The fourth-order valence-electron chi connectivity index (χ4n) is 6.56. The Morgan fingerprint density at radius 3 is 2.22 bits per heavy atom. The van der Waals surface area contributed by atoms with Crippen LogP contribution in [0, 0.1) is 6.92 Å². The third kappa shape index (κ3) is 5.89. The first-order valence-corrected chi connectivity index (χ1v) is 17.3. The highest BCUT2D eigenvalue weighted by Gasteiger charge is 2.62. The number of sulfonamides is 1. The fourth-order valence-corrected chi connectivity index (χ4v) is 7.62. The van der Waals surface area contributed by atoms with E-state index in [0.29, 0.717) is 37.4 Å². The molecule has 0 bridgehead atoms. The molecule has 3 aromatic carbocycles. The fraction of sp³-hybridized carbons (Fsp3) is 0.344. The summed E-state index contributed by atoms with van der Waals surface area (Å²) in [4.78, 5) is 41.5. The highest BCUT2D eigenvalue weighted by atomic mass is 35.5. The number of ether oxygens (including phenoxy) is 1. The Labute approximate surface area is 277 Å². The van der Waals surface area contributed by atoms with Crippen LogP contribution in [0.25, 0.3) is 0 Å². The number of nitrogens with one attached hydrogen (secondary N) is 3. The lowest BCUT2D eigenvalue weighted by atomic mass is 9.59. The minimum absolute atomic E-state index is 0.120. The summed E-state index contributed by atoms with van der Waals surface area (Å²) in [5.74, 6) is -2.23. The topological polar surface area (TPSA) is 131 Å². The van der Waals surface area contributed by atoms with Crippen molar-refractivity contribution in [3.8, 4) is 5.75 Å². The number of aryl methyl sites for hydroxylation is 1. The number of fused-ring (bicyclic) bond motifs is 2. The van der Waals surface area contributed by atoms with Crippen molar-refractivity contribution in [2.75, 3.05) is 11.6 Å². The molecule has 2 aliphatic rings. The number of carbonyl (C=O) groups excluding carboxylic acids is 3. The molecule has 3 aromatic rings. The SMILES string of the molecule is CCC(CC)(Oc1ccc(Cl)cc1[C@H]1CC(=O)N[C@@H](c2cc(Cl)ccc2C)[C@]12C(=O)Nc1cc(Cl)ccc12)C(=O)NS(C)(=O)=O. The molecule has 9 nitrogen and oxygen atoms in total. The number of benzene rings is 3. The largest absolute Gasteiger partial charge is 0.477 e. The van der Waals surface area contributed by atoms with Gasteiger partial charge in [0, 0.05) is 38.7 Å². The molecule has 0 saturated carbocycles. The molecule has 1 saturated heterocycles. The van der Waals surface area contributed by atoms with Gasteiger partial charge in [-0.15, -0.1) is 0 Å². The van der Waals surface area contributed by atoms with Crippen LogP contribution in [-0.4, -0.2) is 38.0 Å². The summed E-state index contributed by atoms with van der Waals surface area (Å²) in [6.45, 7) is 5.29. The van der Waals surface area contributed by atoms with E-state index in [2.05, 4.69) is 10.6 Å². The van der Waals surface area contributed by atoms with Crippen molar-refractivity contribution in [2.24, 2.45) is 0 Å². The summed E-state index contributed by atoms with van der Waals surface area (Å²) < 4.78 is 32.6. The lowest BCUT2D eigenvalue weighted by Crippen LogP contribution is -2.57. The molecule has 45 heavy (non-hydrogen) atoms. The Morgan fingerprint density at radius 2 is 1.58 bits per heavy atom. The predicted octanol–water partition coefficient (Wildman–Crippen LogP) is 6.20. The van der Waals surface area contributed by atoms with Crippen molar-refractivity contribution in [1.82, 2.24) is 10.0 Å². The standard InChI is InChI=1S/C32H32Cl3N3O6S/c1-5-31(6-2,29(40)38-45(4,42)43)44-26-12-10-19(34)14-22(26)24-16-27(39)37-28(21-13-18(33)8-7-17(21)3)32(24)23-11-9-20(35)15-25(23)36-30(32)41/h7-15,24,28H,5-6,16H2,1-4H3,(H,36,41)(H,37,39)(H,38,40)/t24-,28+,32-/m1/s1. The first kappa shape index (κ1) is 33.1. The van der Waals surface area contributed by atoms with E-state index >= 15 is 0 Å². The monoisotopic (exact) mass is 691 g/mol. The molecule has 2 aliphatic heterocycles. The number of amides is 3. The molecule has 3 N–H and O–H groups in total. The first-order valence-electron chi connectivity index (χ1n) is 14.3. The Balaban J connectivity index is 1.78. The summed E-state index contributed by atoms with van der Waals surface area (Å²) in [6.07, 6.45) is 0.993. The number of hydrogen-bond donors (Lipinski definition) is 3. The smallest absolute Gasteiger partial charge is 0.277 e. The Bertz CT molecular complexity index is 1830. The van der Waals surface area contributed by atoms with Gasteiger partial charge in [-0.1, -0.05) is 60.8 Å². The van der Waals surface area contributed by atoms with Crippen LogP contribution in [0.15, 0.2) is 54.6 Å². The molecule has 238 valence electrons. The maximum absolute atomic E-state index is 14.5. The van der Waals surface area contributed by atoms with E-state index in [-0.39, 0.29) is 36.8 Å². The van der Waals surface area contributed by atoms with Gasteiger partial charge in [-0.25, -0.2) is 13.1 Å². The van der Waals surface area contributed by atoms with E-state index in [0.717, 1.165) is 11.8 Å². The van der Waals surface area contributed by atoms with E-state index in [1.165, 1.54) is 0 Å². The van der Waals surface area contributed by atoms with Gasteiger partial charge >= 0.3 is 0 Å². The normalized spacial score (nSPS) is 21.2. The summed E-state index contributed by atoms with van der Waals surface area (Å²) in [5.41, 5.74) is -0.0954. The minimum atomic E-state index is -3.90. The van der Waals surface area contributed by atoms with E-state index in [1.807, 2.05) is 17.7 Å². The summed E-state index contributed by atoms with van der Waals surface area (Å²) in [7, 11) is -3.90. The minimum Gasteiger partial charge on any atom is -0.477 e. The van der Waals surface area contributed by atoms with Gasteiger partial charge in [0.25, 0.3) is 5.91 Å². The van der Waals surface area contributed by atoms with E-state index in [4.69, 9.17) is 39.5 Å². The molecule has 2 heterocycles. The third-order valence-corrected chi connectivity index (χ3v) is 10.1. The van der Waals surface area contributed by atoms with E-state index < -0.39 is 38.9 Å². The molecule has 0 aliphatic carbocycles. The van der Waals surface area contributed by atoms with Gasteiger partial charge in [0.05, 0.1) is 12.3 Å². The van der Waals surface area contributed by atoms with Crippen molar-refractivity contribution in [1.29, 1.82) is 0 Å². The van der Waals surface area contributed by atoms with Crippen LogP contribution in [0.2, 0.25) is 15.1 Å². The molecule has 0 radical (unpaired) electrons. The molecular weight excluding hydrogens is 661 g/mol. The zero-order valence-corrected chi connectivity index (χ0v) is 28.0. The number of hydrogen-bond acceptors (Lipinski definition) is 6. The van der Waals surface area contributed by atoms with Gasteiger partial charge in [0.1, 0.15) is 11.2 Å². The highest BCUT2D eigenvalue weighted by molar-refractivity contribution is 7.89. The average molecular weight is 693 g/mol. The van der Waals surface area contributed by atoms with Crippen molar-refractivity contribution < 1.29 is 27.5 Å². The third-order valence-electron chi connectivity index (χ3n) is 8.79. The van der Waals surface area contributed by atoms with Gasteiger partial charge < -0.3 is 15.4 Å². The molecule has 1 fully saturated rings. The lowest BCUT2D eigenvalue weighted by Gasteiger charge is -2.47. The molecule has 0 unspecified atom stereocenters. The summed E-state index contributed by atoms with van der Waals surface area (Å²) in [6, 6.07) is 14.3. The van der Waals surface area contributed by atoms with Crippen LogP contribution >= 0.6 is 34.8 Å². The number of rotatable bonds is 8. The maximum Gasteiger partial charge on any atom is 0.277 e. The Hall–Kier alpha value is -3.31. The summed E-state index contributed by atoms with van der Waals surface area (Å²) in [5, 5.41) is 7.20. The molecule has 0 aromatic heterocycles. The predicted molar refractivity (Wildman–Crippen MR) is 175 cm³/mol. The second kappa shape index (κ2) is 12.1. The van der Waals surface area contributed by atoms with Crippen LogP contribution in [0.4, 0.5) is 5.69 Å². The van der Waals surface area contributed by atoms with E-state index in [1.54, 1.807) is 62.4 Å². The lowest BCUT2D eigenvalue weighted by molar-refractivity contribution is -0.136. The molecule has 3 amide bonds. The van der Waals surface area contributed by atoms with Crippen molar-refractivity contribution in [3.05, 3.63) is 91.9 Å². The van der Waals surface area contributed by atoms with Crippen LogP contribution in [0.1, 0.15) is 67.3 Å². The molecule has 3 atom stereocenters. The average Bonchev–Trinajstić information content (AvgIpc) is 3.24.